The molecule has 0 heterocycles. The van der Waals surface area contributed by atoms with Gasteiger partial charge in [0.2, 0.25) is 0 Å². The largest absolute Gasteiger partial charge is 4.00 e. The Morgan fingerprint density at radius 2 is 1.56 bits per heavy atom. The van der Waals surface area contributed by atoms with Crippen LogP contribution in [0.3, 0.4) is 0 Å². The molecule has 0 N–H and O–H groups in total. The van der Waals surface area contributed by atoms with E-state index in [9.17, 15) is 0 Å². The van der Waals surface area contributed by atoms with E-state index in [1.54, 1.807) is 10.8 Å². The van der Waals surface area contributed by atoms with Gasteiger partial charge in [-0.25, -0.2) is 17.2 Å². The SMILES string of the molecule is CC1=[C-]C(C)=C(CC2CCCCC2)C1[SiH2]c1ccccc1.[Cl-].[Cl-].[Cl-].[Ti+4]. The van der Waals surface area contributed by atoms with Crippen molar-refractivity contribution in [3.8, 4) is 0 Å². The summed E-state index contributed by atoms with van der Waals surface area (Å²) in [6, 6.07) is 11.2. The van der Waals surface area contributed by atoms with Crippen molar-refractivity contribution in [2.24, 2.45) is 5.92 Å². The predicted molar refractivity (Wildman–Crippen MR) is 94.7 cm³/mol. The topological polar surface area (TPSA) is 0 Å². The summed E-state index contributed by atoms with van der Waals surface area (Å²) in [5.74, 6) is 0.948. The molecule has 136 valence electrons. The molecule has 0 amide bonds. The molecule has 1 unspecified atom stereocenters. The molecule has 25 heavy (non-hydrogen) atoms. The van der Waals surface area contributed by atoms with Gasteiger partial charge in [-0.1, -0.05) is 99.4 Å². The maximum absolute atomic E-state index is 3.66. The Hall–Kier alpha value is 0.501. The van der Waals surface area contributed by atoms with Crippen LogP contribution in [0.15, 0.2) is 47.1 Å². The number of allylic oxidation sites excluding steroid dienone is 4. The molecule has 2 aliphatic rings. The van der Waals surface area contributed by atoms with Gasteiger partial charge in [-0.05, 0) is 0 Å². The average Bonchev–Trinajstić information content (AvgIpc) is 2.76. The Bertz CT molecular complexity index is 551. The second-order valence-electron chi connectivity index (χ2n) is 6.91. The van der Waals surface area contributed by atoms with Gasteiger partial charge in [0.05, 0.1) is 0 Å². The Kier molecular flexibility index (Phi) is 15.1. The Morgan fingerprint density at radius 1 is 0.960 bits per heavy atom. The molecule has 1 atom stereocenters. The molecule has 1 aromatic carbocycles. The van der Waals surface area contributed by atoms with Crippen molar-refractivity contribution in [1.82, 2.24) is 0 Å². The van der Waals surface area contributed by atoms with Crippen LogP contribution in [0.5, 0.6) is 0 Å². The van der Waals surface area contributed by atoms with E-state index in [1.807, 2.05) is 0 Å². The van der Waals surface area contributed by atoms with Gasteiger partial charge in [0.15, 0.2) is 0 Å². The maximum Gasteiger partial charge on any atom is 4.00 e. The third kappa shape index (κ3) is 7.56. The number of rotatable bonds is 4. The van der Waals surface area contributed by atoms with E-state index in [2.05, 4.69) is 50.3 Å². The number of halogens is 3. The summed E-state index contributed by atoms with van der Waals surface area (Å²) in [6.07, 6.45) is 12.3. The van der Waals surface area contributed by atoms with Crippen LogP contribution in [-0.2, 0) is 21.7 Å². The van der Waals surface area contributed by atoms with E-state index < -0.39 is 0 Å². The molecule has 0 aliphatic heterocycles. The van der Waals surface area contributed by atoms with E-state index in [0.29, 0.717) is 0 Å². The fourth-order valence-electron chi connectivity index (χ4n) is 4.11. The fourth-order valence-corrected chi connectivity index (χ4v) is 6.25. The maximum atomic E-state index is 3.66. The van der Waals surface area contributed by atoms with Gasteiger partial charge >= 0.3 is 21.7 Å². The zero-order valence-corrected chi connectivity index (χ0v) is 20.4. The molecule has 0 spiro atoms. The van der Waals surface area contributed by atoms with Crippen LogP contribution in [-0.4, -0.2) is 9.52 Å². The predicted octanol–water partition coefficient (Wildman–Crippen LogP) is -4.67. The monoisotopic (exact) mass is 448 g/mol. The van der Waals surface area contributed by atoms with Crippen LogP contribution in [0.4, 0.5) is 0 Å². The van der Waals surface area contributed by atoms with Crippen LogP contribution in [0.1, 0.15) is 52.4 Å². The number of hydrogen-bond acceptors (Lipinski definition) is 0. The Balaban J connectivity index is 0. The van der Waals surface area contributed by atoms with Crippen molar-refractivity contribution in [1.29, 1.82) is 0 Å². The number of benzene rings is 1. The first kappa shape index (κ1) is 27.7. The molecule has 3 rings (SSSR count). The quantitative estimate of drug-likeness (QED) is 0.320. The molecule has 1 fully saturated rings. The van der Waals surface area contributed by atoms with Gasteiger partial charge in [0.25, 0.3) is 0 Å². The van der Waals surface area contributed by atoms with Crippen molar-refractivity contribution in [2.45, 2.75) is 57.9 Å². The van der Waals surface area contributed by atoms with Gasteiger partial charge < -0.3 is 37.2 Å². The summed E-state index contributed by atoms with van der Waals surface area (Å²) in [5, 5.41) is 1.60. The van der Waals surface area contributed by atoms with Crippen LogP contribution in [0.2, 0.25) is 5.54 Å². The smallest absolute Gasteiger partial charge is 1.00 e. The molecule has 5 heteroatoms. The molecule has 0 bridgehead atoms. The first-order valence-electron chi connectivity index (χ1n) is 8.58. The van der Waals surface area contributed by atoms with E-state index in [4.69, 9.17) is 0 Å². The molecule has 2 aliphatic carbocycles. The van der Waals surface area contributed by atoms with Crippen molar-refractivity contribution in [3.05, 3.63) is 53.1 Å². The third-order valence-electron chi connectivity index (χ3n) is 5.33. The number of hydrogen-bond donors (Lipinski definition) is 0. The normalized spacial score (nSPS) is 20.2. The van der Waals surface area contributed by atoms with E-state index in [0.717, 1.165) is 11.5 Å². The summed E-state index contributed by atoms with van der Waals surface area (Å²) in [6.45, 7) is 4.60. The summed E-state index contributed by atoms with van der Waals surface area (Å²) in [4.78, 5) is 0. The molecule has 1 aromatic rings. The Labute approximate surface area is 189 Å². The summed E-state index contributed by atoms with van der Waals surface area (Å²) < 4.78 is 0. The zero-order chi connectivity index (χ0) is 14.7. The van der Waals surface area contributed by atoms with Gasteiger partial charge in [0, 0.05) is 9.52 Å². The van der Waals surface area contributed by atoms with E-state index >= 15 is 0 Å². The first-order chi connectivity index (χ1) is 10.2. The van der Waals surface area contributed by atoms with Crippen molar-refractivity contribution in [2.75, 3.05) is 0 Å². The van der Waals surface area contributed by atoms with Crippen LogP contribution in [0, 0.1) is 12.0 Å². The zero-order valence-electron chi connectivity index (χ0n) is 15.1. The van der Waals surface area contributed by atoms with Crippen LogP contribution in [0.25, 0.3) is 0 Å². The van der Waals surface area contributed by atoms with Crippen LogP contribution < -0.4 is 42.4 Å². The first-order valence-corrected chi connectivity index (χ1v) is 10.1. The van der Waals surface area contributed by atoms with Crippen molar-refractivity contribution in [3.63, 3.8) is 0 Å². The van der Waals surface area contributed by atoms with Gasteiger partial charge in [-0.15, -0.1) is 0 Å². The molecule has 0 saturated heterocycles. The Morgan fingerprint density at radius 3 is 2.16 bits per heavy atom. The molecule has 1 saturated carbocycles. The van der Waals surface area contributed by atoms with Gasteiger partial charge in [-0.3, -0.25) is 0 Å². The molecule has 0 nitrogen and oxygen atoms in total. The van der Waals surface area contributed by atoms with Crippen molar-refractivity contribution >= 4 is 14.7 Å². The molecular formula is C20H27Cl3SiTi. The minimum atomic E-state index is -0.266. The second-order valence-corrected chi connectivity index (χ2v) is 8.95. The minimum absolute atomic E-state index is 0. The minimum Gasteiger partial charge on any atom is -1.00 e. The van der Waals surface area contributed by atoms with Gasteiger partial charge in [0.1, 0.15) is 0 Å². The van der Waals surface area contributed by atoms with Gasteiger partial charge in [-0.2, -0.15) is 5.57 Å². The summed E-state index contributed by atoms with van der Waals surface area (Å²) >= 11 is 0. The van der Waals surface area contributed by atoms with Crippen molar-refractivity contribution < 1.29 is 58.9 Å². The average molecular weight is 450 g/mol. The molecule has 0 radical (unpaired) electrons. The second kappa shape index (κ2) is 13.6. The van der Waals surface area contributed by atoms with E-state index in [-0.39, 0.29) is 68.5 Å². The summed E-state index contributed by atoms with van der Waals surface area (Å²) in [7, 11) is -0.266. The third-order valence-corrected chi connectivity index (χ3v) is 7.78. The molecule has 0 aromatic heterocycles. The van der Waals surface area contributed by atoms with E-state index in [1.165, 1.54) is 49.7 Å². The summed E-state index contributed by atoms with van der Waals surface area (Å²) in [5.41, 5.74) is 5.46. The molecular weight excluding hydrogens is 423 g/mol. The van der Waals surface area contributed by atoms with Crippen LogP contribution >= 0.6 is 0 Å². The fraction of sp³-hybridized carbons (Fsp3) is 0.500. The standard InChI is InChI=1S/C20H27Si.3ClH.Ti/c1-15-13-16(2)20(21-18-11-7-4-8-12-18)19(15)14-17-9-5-3-6-10-17;;;;/h4,7-8,11-12,17,20H,3,5-6,9-10,14,21H2,1-2H3;3*1H;/q-1;;;;+4/p-3.